The molecule has 1 aromatic carbocycles. The van der Waals surface area contributed by atoms with Crippen molar-refractivity contribution in [2.75, 3.05) is 13.1 Å². The molecule has 0 unspecified atom stereocenters. The number of nitrogens with two attached hydrogens (primary N) is 1. The van der Waals surface area contributed by atoms with Gasteiger partial charge in [0.15, 0.2) is 0 Å². The van der Waals surface area contributed by atoms with E-state index < -0.39 is 5.91 Å². The van der Waals surface area contributed by atoms with Crippen LogP contribution in [0, 0.1) is 13.8 Å². The van der Waals surface area contributed by atoms with E-state index in [1.165, 1.54) is 0 Å². The maximum atomic E-state index is 12.2. The maximum Gasteiger partial charge on any atom is 0.223 e. The minimum atomic E-state index is -0.459. The number of ether oxygens (including phenoxy) is 1. The van der Waals surface area contributed by atoms with Gasteiger partial charge in [-0.05, 0) is 31.9 Å². The smallest absolute Gasteiger partial charge is 0.223 e. The summed E-state index contributed by atoms with van der Waals surface area (Å²) in [5, 5.41) is 0. The molecule has 27 heavy (non-hydrogen) atoms. The topological polar surface area (TPSA) is 98.4 Å². The maximum absolute atomic E-state index is 12.2. The molecular weight excluding hydrogens is 344 g/mol. The Kier molecular flexibility index (Phi) is 5.69. The molecule has 0 saturated carbocycles. The van der Waals surface area contributed by atoms with E-state index in [0.717, 1.165) is 23.4 Å². The Morgan fingerprint density at radius 2 is 2.00 bits per heavy atom. The summed E-state index contributed by atoms with van der Waals surface area (Å²) in [5.41, 5.74) is 6.97. The van der Waals surface area contributed by atoms with Crippen molar-refractivity contribution in [3.8, 4) is 11.6 Å². The fraction of sp³-hybridized carbons (Fsp3) is 0.400. The van der Waals surface area contributed by atoms with E-state index in [-0.39, 0.29) is 24.7 Å². The predicted molar refractivity (Wildman–Crippen MR) is 100 cm³/mol. The molecule has 2 aromatic rings. The molecule has 1 saturated heterocycles. The predicted octanol–water partition coefficient (Wildman–Crippen LogP) is 2.47. The highest BCUT2D eigenvalue weighted by atomic mass is 16.5. The average Bonchev–Trinajstić information content (AvgIpc) is 3.11. The molecule has 1 fully saturated rings. The van der Waals surface area contributed by atoms with Crippen LogP contribution in [-0.2, 0) is 9.59 Å². The van der Waals surface area contributed by atoms with Gasteiger partial charge in [-0.3, -0.25) is 9.59 Å². The van der Waals surface area contributed by atoms with Crippen molar-refractivity contribution in [3.63, 3.8) is 0 Å². The number of likely N-dealkylation sites (tertiary alicyclic amines) is 1. The monoisotopic (exact) mass is 368 g/mol. The van der Waals surface area contributed by atoms with Crippen molar-refractivity contribution in [2.24, 2.45) is 5.73 Å². The van der Waals surface area contributed by atoms with Crippen LogP contribution in [0.3, 0.4) is 0 Å². The number of benzene rings is 1. The number of rotatable bonds is 6. The normalized spacial score (nSPS) is 16.4. The van der Waals surface area contributed by atoms with Crippen LogP contribution in [0.1, 0.15) is 42.3 Å². The number of carbonyl (C=O) groups is 2. The molecule has 2 amide bonds. The average molecular weight is 368 g/mol. The first-order valence-corrected chi connectivity index (χ1v) is 9.07. The van der Waals surface area contributed by atoms with Gasteiger partial charge in [0, 0.05) is 43.6 Å². The second kappa shape index (κ2) is 8.16. The van der Waals surface area contributed by atoms with Crippen LogP contribution in [0.4, 0.5) is 0 Å². The lowest BCUT2D eigenvalue weighted by atomic mass is 10.1. The molecular formula is C20H24N4O3. The zero-order valence-electron chi connectivity index (χ0n) is 15.6. The molecule has 1 aromatic heterocycles. The summed E-state index contributed by atoms with van der Waals surface area (Å²) in [5.74, 6) is 1.49. The Morgan fingerprint density at radius 1 is 1.22 bits per heavy atom. The fourth-order valence-corrected chi connectivity index (χ4v) is 3.17. The highest BCUT2D eigenvalue weighted by Gasteiger charge is 2.29. The number of para-hydroxylation sites is 1. The lowest BCUT2D eigenvalue weighted by Gasteiger charge is -2.16. The van der Waals surface area contributed by atoms with Crippen LogP contribution in [0.25, 0.3) is 0 Å². The van der Waals surface area contributed by atoms with Gasteiger partial charge in [0.1, 0.15) is 11.6 Å². The third-order valence-electron chi connectivity index (χ3n) is 4.65. The largest absolute Gasteiger partial charge is 0.439 e. The fourth-order valence-electron chi connectivity index (χ4n) is 3.17. The summed E-state index contributed by atoms with van der Waals surface area (Å²) in [6.45, 7) is 5.07. The van der Waals surface area contributed by atoms with Crippen molar-refractivity contribution in [3.05, 3.63) is 47.4 Å². The summed E-state index contributed by atoms with van der Waals surface area (Å²) in [6, 6.07) is 9.57. The summed E-state index contributed by atoms with van der Waals surface area (Å²) in [6.07, 6.45) is 1.02. The molecule has 1 atom stereocenters. The van der Waals surface area contributed by atoms with Gasteiger partial charge in [0.25, 0.3) is 0 Å². The Bertz CT molecular complexity index is 853. The van der Waals surface area contributed by atoms with Gasteiger partial charge in [-0.2, -0.15) is 4.98 Å². The summed E-state index contributed by atoms with van der Waals surface area (Å²) in [7, 11) is 0. The van der Waals surface area contributed by atoms with Gasteiger partial charge in [0.2, 0.25) is 17.7 Å². The molecule has 3 rings (SSSR count). The first kappa shape index (κ1) is 18.8. The minimum Gasteiger partial charge on any atom is -0.439 e. The van der Waals surface area contributed by atoms with Crippen LogP contribution < -0.4 is 10.5 Å². The van der Waals surface area contributed by atoms with E-state index in [1.807, 2.05) is 38.1 Å². The molecule has 7 nitrogen and oxygen atoms in total. The van der Waals surface area contributed by atoms with Crippen molar-refractivity contribution in [2.45, 2.75) is 39.0 Å². The van der Waals surface area contributed by atoms with Crippen LogP contribution in [-0.4, -0.2) is 39.8 Å². The zero-order chi connectivity index (χ0) is 19.4. The van der Waals surface area contributed by atoms with Gasteiger partial charge in [-0.15, -0.1) is 0 Å². The van der Waals surface area contributed by atoms with Gasteiger partial charge >= 0.3 is 0 Å². The van der Waals surface area contributed by atoms with Crippen LogP contribution in [0.2, 0.25) is 0 Å². The zero-order valence-corrected chi connectivity index (χ0v) is 15.6. The first-order valence-electron chi connectivity index (χ1n) is 9.07. The SMILES string of the molecule is Cc1cc(Oc2ccccc2C)nc([C@H]2CCN(C(=O)CCC(N)=O)C2)n1. The van der Waals surface area contributed by atoms with Crippen molar-refractivity contribution >= 4 is 11.8 Å². The van der Waals surface area contributed by atoms with Crippen LogP contribution in [0.5, 0.6) is 11.6 Å². The van der Waals surface area contributed by atoms with Crippen molar-refractivity contribution in [1.29, 1.82) is 0 Å². The van der Waals surface area contributed by atoms with Gasteiger partial charge in [-0.25, -0.2) is 4.98 Å². The number of hydrogen-bond donors (Lipinski definition) is 1. The Hall–Kier alpha value is -2.96. The standard InChI is InChI=1S/C20H24N4O3/c1-13-5-3-4-6-16(13)27-18-11-14(2)22-20(23-18)15-9-10-24(12-15)19(26)8-7-17(21)25/h3-6,11,15H,7-10,12H2,1-2H3,(H2,21,25)/t15-/m0/s1. The van der Waals surface area contributed by atoms with Gasteiger partial charge < -0.3 is 15.4 Å². The van der Waals surface area contributed by atoms with E-state index in [2.05, 4.69) is 9.97 Å². The van der Waals surface area contributed by atoms with E-state index in [4.69, 9.17) is 10.5 Å². The highest BCUT2D eigenvalue weighted by Crippen LogP contribution is 2.29. The second-order valence-electron chi connectivity index (χ2n) is 6.86. The summed E-state index contributed by atoms with van der Waals surface area (Å²) in [4.78, 5) is 33.9. The van der Waals surface area contributed by atoms with Crippen molar-refractivity contribution in [1.82, 2.24) is 14.9 Å². The first-order chi connectivity index (χ1) is 12.9. The molecule has 1 aliphatic rings. The number of aromatic nitrogens is 2. The van der Waals surface area contributed by atoms with E-state index >= 15 is 0 Å². The lowest BCUT2D eigenvalue weighted by Crippen LogP contribution is -2.29. The van der Waals surface area contributed by atoms with Crippen molar-refractivity contribution < 1.29 is 14.3 Å². The number of hydrogen-bond acceptors (Lipinski definition) is 5. The van der Waals surface area contributed by atoms with E-state index in [0.29, 0.717) is 24.8 Å². The summed E-state index contributed by atoms with van der Waals surface area (Å²) < 4.78 is 5.95. The van der Waals surface area contributed by atoms with Crippen LogP contribution >= 0.6 is 0 Å². The quantitative estimate of drug-likeness (QED) is 0.844. The Balaban J connectivity index is 1.70. The number of nitrogens with zero attached hydrogens (tertiary/aromatic N) is 3. The molecule has 0 radical (unpaired) electrons. The Labute approximate surface area is 158 Å². The number of aryl methyl sites for hydroxylation is 2. The number of primary amides is 1. The summed E-state index contributed by atoms with van der Waals surface area (Å²) >= 11 is 0. The second-order valence-corrected chi connectivity index (χ2v) is 6.86. The lowest BCUT2D eigenvalue weighted by molar-refractivity contribution is -0.132. The third kappa shape index (κ3) is 4.81. The van der Waals surface area contributed by atoms with Gasteiger partial charge in [0.05, 0.1) is 0 Å². The molecule has 0 spiro atoms. The minimum absolute atomic E-state index is 0.0552. The van der Waals surface area contributed by atoms with Gasteiger partial charge in [-0.1, -0.05) is 18.2 Å². The molecule has 2 N–H and O–H groups in total. The molecule has 142 valence electrons. The molecule has 1 aliphatic heterocycles. The number of amides is 2. The Morgan fingerprint density at radius 3 is 2.74 bits per heavy atom. The molecule has 7 heteroatoms. The van der Waals surface area contributed by atoms with E-state index in [9.17, 15) is 9.59 Å². The van der Waals surface area contributed by atoms with Crippen LogP contribution in [0.15, 0.2) is 30.3 Å². The third-order valence-corrected chi connectivity index (χ3v) is 4.65. The number of carbonyl (C=O) groups excluding carboxylic acids is 2. The highest BCUT2D eigenvalue weighted by molar-refractivity contribution is 5.83. The molecule has 2 heterocycles. The molecule has 0 aliphatic carbocycles. The van der Waals surface area contributed by atoms with E-state index in [1.54, 1.807) is 11.0 Å². The molecule has 0 bridgehead atoms.